The largest absolute Gasteiger partial charge is 0.329 e. The van der Waals surface area contributed by atoms with Crippen molar-refractivity contribution in [1.82, 2.24) is 19.8 Å². The molecular formula is C14H21N5S. The summed E-state index contributed by atoms with van der Waals surface area (Å²) in [5, 5.41) is 14.7. The molecule has 0 radical (unpaired) electrons. The van der Waals surface area contributed by atoms with Gasteiger partial charge in [0.15, 0.2) is 5.82 Å². The van der Waals surface area contributed by atoms with Crippen LogP contribution in [0.25, 0.3) is 4.96 Å². The third-order valence-electron chi connectivity index (χ3n) is 4.86. The summed E-state index contributed by atoms with van der Waals surface area (Å²) < 4.78 is 1.99. The number of fused-ring (bicyclic) bond motifs is 1. The van der Waals surface area contributed by atoms with E-state index in [9.17, 15) is 0 Å². The standard InChI is InChI=1S/C14H21N5S/c15-9-14(7-3-1-2-4-8-14)12-18-19-11(10-5-6-10)16-17-13(19)20-12/h10H,1-9,15H2. The van der Waals surface area contributed by atoms with Gasteiger partial charge in [-0.3, -0.25) is 0 Å². The summed E-state index contributed by atoms with van der Waals surface area (Å²) in [4.78, 5) is 0.943. The lowest BCUT2D eigenvalue weighted by Crippen LogP contribution is -2.34. The highest BCUT2D eigenvalue weighted by atomic mass is 32.1. The first-order valence-corrected chi connectivity index (χ1v) is 8.57. The molecule has 2 aromatic rings. The summed E-state index contributed by atoms with van der Waals surface area (Å²) in [6, 6.07) is 0. The molecule has 0 spiro atoms. The van der Waals surface area contributed by atoms with Gasteiger partial charge in [-0.15, -0.1) is 10.2 Å². The number of hydrogen-bond donors (Lipinski definition) is 1. The van der Waals surface area contributed by atoms with Crippen LogP contribution in [0.5, 0.6) is 0 Å². The fraction of sp³-hybridized carbons (Fsp3) is 0.786. The molecule has 2 heterocycles. The predicted molar refractivity (Wildman–Crippen MR) is 79.1 cm³/mol. The first-order valence-electron chi connectivity index (χ1n) is 7.75. The second-order valence-electron chi connectivity index (χ2n) is 6.33. The molecule has 2 aliphatic carbocycles. The maximum Gasteiger partial charge on any atom is 0.234 e. The van der Waals surface area contributed by atoms with Gasteiger partial charge in [0.1, 0.15) is 5.01 Å². The van der Waals surface area contributed by atoms with Gasteiger partial charge >= 0.3 is 0 Å². The third kappa shape index (κ3) is 1.97. The van der Waals surface area contributed by atoms with E-state index in [1.165, 1.54) is 56.4 Å². The molecule has 0 bridgehead atoms. The Hall–Kier alpha value is -1.01. The zero-order valence-electron chi connectivity index (χ0n) is 11.7. The Bertz CT molecular complexity index is 604. The second-order valence-corrected chi connectivity index (χ2v) is 7.29. The first kappa shape index (κ1) is 12.7. The van der Waals surface area contributed by atoms with Crippen molar-refractivity contribution in [2.45, 2.75) is 62.7 Å². The Kier molecular flexibility index (Phi) is 3.03. The second kappa shape index (κ2) is 4.77. The van der Waals surface area contributed by atoms with E-state index in [-0.39, 0.29) is 5.41 Å². The highest BCUT2D eigenvalue weighted by Crippen LogP contribution is 2.42. The van der Waals surface area contributed by atoms with Gasteiger partial charge in [-0.2, -0.15) is 9.61 Å². The van der Waals surface area contributed by atoms with Crippen molar-refractivity contribution in [3.05, 3.63) is 10.8 Å². The van der Waals surface area contributed by atoms with E-state index in [2.05, 4.69) is 10.2 Å². The smallest absolute Gasteiger partial charge is 0.234 e. The molecule has 2 aromatic heterocycles. The minimum absolute atomic E-state index is 0.0860. The Morgan fingerprint density at radius 1 is 1.15 bits per heavy atom. The van der Waals surface area contributed by atoms with E-state index in [0.717, 1.165) is 10.8 Å². The molecule has 2 N–H and O–H groups in total. The van der Waals surface area contributed by atoms with Crippen LogP contribution in [-0.2, 0) is 5.41 Å². The van der Waals surface area contributed by atoms with Crippen molar-refractivity contribution in [2.24, 2.45) is 5.73 Å². The highest BCUT2D eigenvalue weighted by Gasteiger charge is 2.37. The zero-order valence-corrected chi connectivity index (χ0v) is 12.5. The number of nitrogens with zero attached hydrogens (tertiary/aromatic N) is 4. The monoisotopic (exact) mass is 291 g/mol. The molecule has 0 aromatic carbocycles. The van der Waals surface area contributed by atoms with Crippen LogP contribution in [0, 0.1) is 0 Å². The molecule has 108 valence electrons. The van der Waals surface area contributed by atoms with Gasteiger partial charge < -0.3 is 5.73 Å². The van der Waals surface area contributed by atoms with E-state index in [4.69, 9.17) is 10.8 Å². The molecule has 2 aliphatic rings. The van der Waals surface area contributed by atoms with E-state index < -0.39 is 0 Å². The summed E-state index contributed by atoms with van der Waals surface area (Å²) in [6.45, 7) is 0.704. The Labute approximate surface area is 122 Å². The average Bonchev–Trinajstić information content (AvgIpc) is 3.16. The van der Waals surface area contributed by atoms with Crippen molar-refractivity contribution in [3.8, 4) is 0 Å². The molecule has 0 atom stereocenters. The van der Waals surface area contributed by atoms with E-state index >= 15 is 0 Å². The maximum absolute atomic E-state index is 6.16. The molecule has 2 fully saturated rings. The lowest BCUT2D eigenvalue weighted by Gasteiger charge is -2.28. The molecule has 0 saturated heterocycles. The van der Waals surface area contributed by atoms with Gasteiger partial charge in [-0.05, 0) is 25.7 Å². The quantitative estimate of drug-likeness (QED) is 0.883. The molecule has 6 heteroatoms. The summed E-state index contributed by atoms with van der Waals surface area (Å²) in [5.74, 6) is 1.64. The maximum atomic E-state index is 6.16. The SMILES string of the molecule is NCC1(c2nn3c(C4CC4)nnc3s2)CCCCCC1. The van der Waals surface area contributed by atoms with Crippen molar-refractivity contribution in [2.75, 3.05) is 6.54 Å². The van der Waals surface area contributed by atoms with Crippen molar-refractivity contribution in [1.29, 1.82) is 0 Å². The lowest BCUT2D eigenvalue weighted by atomic mass is 9.81. The van der Waals surface area contributed by atoms with Gasteiger partial charge in [-0.1, -0.05) is 37.0 Å². The minimum atomic E-state index is 0.0860. The average molecular weight is 291 g/mol. The predicted octanol–water partition coefficient (Wildman–Crippen LogP) is 2.61. The summed E-state index contributed by atoms with van der Waals surface area (Å²) in [6.07, 6.45) is 10.0. The topological polar surface area (TPSA) is 69.1 Å². The van der Waals surface area contributed by atoms with E-state index in [0.29, 0.717) is 12.5 Å². The first-order chi connectivity index (χ1) is 9.82. The van der Waals surface area contributed by atoms with E-state index in [1.807, 2.05) is 4.52 Å². The number of rotatable bonds is 3. The van der Waals surface area contributed by atoms with Crippen LogP contribution < -0.4 is 5.73 Å². The molecule has 4 rings (SSSR count). The van der Waals surface area contributed by atoms with Crippen LogP contribution in [0.4, 0.5) is 0 Å². The van der Waals surface area contributed by atoms with Crippen LogP contribution in [0.1, 0.15) is 68.1 Å². The van der Waals surface area contributed by atoms with Gasteiger partial charge in [0.05, 0.1) is 0 Å². The molecular weight excluding hydrogens is 270 g/mol. The lowest BCUT2D eigenvalue weighted by molar-refractivity contribution is 0.375. The van der Waals surface area contributed by atoms with Crippen LogP contribution in [0.3, 0.4) is 0 Å². The Morgan fingerprint density at radius 3 is 2.55 bits per heavy atom. The summed E-state index contributed by atoms with van der Waals surface area (Å²) in [7, 11) is 0. The number of hydrogen-bond acceptors (Lipinski definition) is 5. The molecule has 0 aliphatic heterocycles. The van der Waals surface area contributed by atoms with Crippen molar-refractivity contribution < 1.29 is 0 Å². The van der Waals surface area contributed by atoms with Gasteiger partial charge in [0.2, 0.25) is 4.96 Å². The summed E-state index contributed by atoms with van der Waals surface area (Å²) in [5.41, 5.74) is 6.25. The van der Waals surface area contributed by atoms with Crippen LogP contribution in [-0.4, -0.2) is 26.4 Å². The Balaban J connectivity index is 1.75. The van der Waals surface area contributed by atoms with Crippen LogP contribution in [0.2, 0.25) is 0 Å². The van der Waals surface area contributed by atoms with E-state index in [1.54, 1.807) is 11.3 Å². The number of nitrogens with two attached hydrogens (primary N) is 1. The van der Waals surface area contributed by atoms with Gasteiger partial charge in [0, 0.05) is 17.9 Å². The molecule has 0 unspecified atom stereocenters. The van der Waals surface area contributed by atoms with Gasteiger partial charge in [0.25, 0.3) is 0 Å². The van der Waals surface area contributed by atoms with Crippen molar-refractivity contribution >= 4 is 16.3 Å². The minimum Gasteiger partial charge on any atom is -0.329 e. The van der Waals surface area contributed by atoms with Gasteiger partial charge in [-0.25, -0.2) is 0 Å². The highest BCUT2D eigenvalue weighted by molar-refractivity contribution is 7.16. The number of aromatic nitrogens is 4. The summed E-state index contributed by atoms with van der Waals surface area (Å²) >= 11 is 1.70. The molecule has 0 amide bonds. The fourth-order valence-corrected chi connectivity index (χ4v) is 4.45. The van der Waals surface area contributed by atoms with Crippen LogP contribution in [0.15, 0.2) is 0 Å². The normalized spacial score (nSPS) is 23.1. The molecule has 20 heavy (non-hydrogen) atoms. The third-order valence-corrected chi connectivity index (χ3v) is 6.01. The van der Waals surface area contributed by atoms with Crippen LogP contribution >= 0.6 is 11.3 Å². The Morgan fingerprint density at radius 2 is 1.90 bits per heavy atom. The fourth-order valence-electron chi connectivity index (χ4n) is 3.35. The molecule has 5 nitrogen and oxygen atoms in total. The van der Waals surface area contributed by atoms with Crippen molar-refractivity contribution in [3.63, 3.8) is 0 Å². The zero-order chi connectivity index (χ0) is 13.6. The molecule has 2 saturated carbocycles.